The van der Waals surface area contributed by atoms with Gasteiger partial charge < -0.3 is 11.1 Å². The van der Waals surface area contributed by atoms with Gasteiger partial charge in [0.25, 0.3) is 0 Å². The van der Waals surface area contributed by atoms with E-state index in [1.165, 1.54) is 11.3 Å². The maximum absolute atomic E-state index is 11.4. The number of amides is 1. The summed E-state index contributed by atoms with van der Waals surface area (Å²) in [5.74, 6) is -0.0259. The third kappa shape index (κ3) is 5.16. The zero-order valence-corrected chi connectivity index (χ0v) is 11.6. The molecular formula is C10H16Cl2N2OS. The van der Waals surface area contributed by atoms with Crippen LogP contribution in [0.1, 0.15) is 31.2 Å². The highest BCUT2D eigenvalue weighted by Crippen LogP contribution is 2.26. The van der Waals surface area contributed by atoms with E-state index in [9.17, 15) is 4.79 Å². The van der Waals surface area contributed by atoms with Crippen LogP contribution in [0.5, 0.6) is 0 Å². The Labute approximate surface area is 111 Å². The van der Waals surface area contributed by atoms with Crippen LogP contribution < -0.4 is 11.1 Å². The smallest absolute Gasteiger partial charge is 0.222 e. The Morgan fingerprint density at radius 3 is 2.62 bits per heavy atom. The van der Waals surface area contributed by atoms with E-state index in [1.807, 2.05) is 26.0 Å². The van der Waals surface area contributed by atoms with Crippen molar-refractivity contribution in [3.63, 3.8) is 0 Å². The van der Waals surface area contributed by atoms with Crippen molar-refractivity contribution < 1.29 is 4.79 Å². The molecule has 0 aliphatic carbocycles. The molecule has 6 heteroatoms. The standard InChI is InChI=1S/C10H15ClN2OS.ClH/c1-6(12)5-10(14)13-7(2)8-3-4-9(11)15-8;/h3-4,6-7H,5,12H2,1-2H3,(H,13,14);1H. The fourth-order valence-electron chi connectivity index (χ4n) is 1.22. The fraction of sp³-hybridized carbons (Fsp3) is 0.500. The SMILES string of the molecule is CC(N)CC(=O)NC(C)c1ccc(Cl)s1.Cl. The molecule has 3 nitrogen and oxygen atoms in total. The fourth-order valence-corrected chi connectivity index (χ4v) is 2.29. The summed E-state index contributed by atoms with van der Waals surface area (Å²) >= 11 is 7.29. The molecule has 1 amide bonds. The van der Waals surface area contributed by atoms with Gasteiger partial charge in [-0.15, -0.1) is 23.7 Å². The van der Waals surface area contributed by atoms with E-state index in [2.05, 4.69) is 5.32 Å². The topological polar surface area (TPSA) is 55.1 Å². The Morgan fingerprint density at radius 2 is 2.19 bits per heavy atom. The Hall–Kier alpha value is -0.290. The minimum atomic E-state index is -0.107. The van der Waals surface area contributed by atoms with E-state index in [0.717, 1.165) is 9.21 Å². The molecule has 0 saturated carbocycles. The first-order valence-electron chi connectivity index (χ1n) is 4.79. The molecule has 92 valence electrons. The van der Waals surface area contributed by atoms with Gasteiger partial charge in [0.2, 0.25) is 5.91 Å². The first-order valence-corrected chi connectivity index (χ1v) is 5.98. The van der Waals surface area contributed by atoms with Gasteiger partial charge >= 0.3 is 0 Å². The Kier molecular flexibility index (Phi) is 6.99. The number of carbonyl (C=O) groups is 1. The maximum Gasteiger partial charge on any atom is 0.222 e. The molecule has 0 aromatic carbocycles. The molecule has 0 radical (unpaired) electrons. The number of hydrogen-bond donors (Lipinski definition) is 2. The summed E-state index contributed by atoms with van der Waals surface area (Å²) in [6.45, 7) is 3.74. The Balaban J connectivity index is 0.00000225. The van der Waals surface area contributed by atoms with Crippen LogP contribution in [0.2, 0.25) is 4.34 Å². The van der Waals surface area contributed by atoms with Crippen molar-refractivity contribution in [2.45, 2.75) is 32.4 Å². The van der Waals surface area contributed by atoms with Crippen molar-refractivity contribution in [3.8, 4) is 0 Å². The second-order valence-corrected chi connectivity index (χ2v) is 5.36. The minimum Gasteiger partial charge on any atom is -0.349 e. The molecule has 2 atom stereocenters. The van der Waals surface area contributed by atoms with Crippen LogP contribution in [0.25, 0.3) is 0 Å². The second kappa shape index (κ2) is 7.12. The quantitative estimate of drug-likeness (QED) is 0.892. The number of halogens is 2. The third-order valence-electron chi connectivity index (χ3n) is 1.91. The maximum atomic E-state index is 11.4. The average Bonchev–Trinajstić information content (AvgIpc) is 2.49. The van der Waals surface area contributed by atoms with Crippen LogP contribution in [-0.4, -0.2) is 11.9 Å². The van der Waals surface area contributed by atoms with Crippen molar-refractivity contribution in [1.82, 2.24) is 5.32 Å². The van der Waals surface area contributed by atoms with Gasteiger partial charge in [0.1, 0.15) is 0 Å². The van der Waals surface area contributed by atoms with E-state index in [-0.39, 0.29) is 30.4 Å². The first kappa shape index (κ1) is 15.7. The number of nitrogens with one attached hydrogen (secondary N) is 1. The van der Waals surface area contributed by atoms with Crippen molar-refractivity contribution in [2.24, 2.45) is 5.73 Å². The van der Waals surface area contributed by atoms with Gasteiger partial charge in [-0.3, -0.25) is 4.79 Å². The number of carbonyl (C=O) groups excluding carboxylic acids is 1. The summed E-state index contributed by atoms with van der Waals surface area (Å²) in [5, 5.41) is 2.87. The third-order valence-corrected chi connectivity index (χ3v) is 3.32. The van der Waals surface area contributed by atoms with Crippen molar-refractivity contribution in [1.29, 1.82) is 0 Å². The summed E-state index contributed by atoms with van der Waals surface area (Å²) in [4.78, 5) is 12.5. The molecule has 0 fully saturated rings. The molecular weight excluding hydrogens is 267 g/mol. The molecule has 0 saturated heterocycles. The predicted molar refractivity (Wildman–Crippen MR) is 71.4 cm³/mol. The van der Waals surface area contributed by atoms with Crippen molar-refractivity contribution in [3.05, 3.63) is 21.3 Å². The minimum absolute atomic E-state index is 0. The summed E-state index contributed by atoms with van der Waals surface area (Å²) in [7, 11) is 0. The Morgan fingerprint density at radius 1 is 1.56 bits per heavy atom. The highest BCUT2D eigenvalue weighted by Gasteiger charge is 2.12. The van der Waals surface area contributed by atoms with Crippen molar-refractivity contribution >= 4 is 41.3 Å². The lowest BCUT2D eigenvalue weighted by atomic mass is 10.2. The van der Waals surface area contributed by atoms with E-state index in [1.54, 1.807) is 0 Å². The molecule has 0 aliphatic rings. The highest BCUT2D eigenvalue weighted by molar-refractivity contribution is 7.16. The molecule has 0 aliphatic heterocycles. The molecule has 16 heavy (non-hydrogen) atoms. The lowest BCUT2D eigenvalue weighted by Gasteiger charge is -2.13. The number of nitrogens with two attached hydrogens (primary N) is 1. The van der Waals surface area contributed by atoms with Gasteiger partial charge in [0.15, 0.2) is 0 Å². The van der Waals surface area contributed by atoms with Crippen LogP contribution in [-0.2, 0) is 4.79 Å². The normalized spacial score (nSPS) is 13.8. The molecule has 0 bridgehead atoms. The summed E-state index contributed by atoms with van der Waals surface area (Å²) < 4.78 is 0.735. The van der Waals surface area contributed by atoms with E-state index < -0.39 is 0 Å². The first-order chi connectivity index (χ1) is 6.99. The van der Waals surface area contributed by atoms with Crippen LogP contribution in [0.4, 0.5) is 0 Å². The van der Waals surface area contributed by atoms with Crippen LogP contribution in [0.15, 0.2) is 12.1 Å². The zero-order valence-electron chi connectivity index (χ0n) is 9.20. The predicted octanol–water partition coefficient (Wildman–Crippen LogP) is 2.74. The monoisotopic (exact) mass is 282 g/mol. The molecule has 1 rings (SSSR count). The lowest BCUT2D eigenvalue weighted by Crippen LogP contribution is -2.31. The van der Waals surface area contributed by atoms with E-state index in [0.29, 0.717) is 6.42 Å². The molecule has 1 heterocycles. The Bertz CT molecular complexity index is 341. The van der Waals surface area contributed by atoms with Gasteiger partial charge in [-0.05, 0) is 26.0 Å². The van der Waals surface area contributed by atoms with Crippen LogP contribution in [0, 0.1) is 0 Å². The van der Waals surface area contributed by atoms with Gasteiger partial charge in [0.05, 0.1) is 10.4 Å². The van der Waals surface area contributed by atoms with Gasteiger partial charge in [-0.2, -0.15) is 0 Å². The molecule has 0 spiro atoms. The lowest BCUT2D eigenvalue weighted by molar-refractivity contribution is -0.121. The average molecular weight is 283 g/mol. The highest BCUT2D eigenvalue weighted by atomic mass is 35.5. The van der Waals surface area contributed by atoms with E-state index >= 15 is 0 Å². The summed E-state index contributed by atoms with van der Waals surface area (Å²) in [6.07, 6.45) is 0.351. The number of hydrogen-bond acceptors (Lipinski definition) is 3. The number of rotatable bonds is 4. The van der Waals surface area contributed by atoms with Gasteiger partial charge in [-0.1, -0.05) is 11.6 Å². The summed E-state index contributed by atoms with van der Waals surface area (Å²) in [5.41, 5.74) is 5.53. The van der Waals surface area contributed by atoms with Gasteiger partial charge in [0, 0.05) is 17.3 Å². The van der Waals surface area contributed by atoms with Crippen LogP contribution >= 0.6 is 35.3 Å². The molecule has 1 aromatic rings. The number of thiophene rings is 1. The van der Waals surface area contributed by atoms with Gasteiger partial charge in [-0.25, -0.2) is 0 Å². The largest absolute Gasteiger partial charge is 0.349 e. The second-order valence-electron chi connectivity index (χ2n) is 3.61. The molecule has 3 N–H and O–H groups in total. The van der Waals surface area contributed by atoms with E-state index in [4.69, 9.17) is 17.3 Å². The van der Waals surface area contributed by atoms with Crippen molar-refractivity contribution in [2.75, 3.05) is 0 Å². The molecule has 2 unspecified atom stereocenters. The van der Waals surface area contributed by atoms with Crippen LogP contribution in [0.3, 0.4) is 0 Å². The summed E-state index contributed by atoms with van der Waals surface area (Å²) in [6, 6.07) is 3.64. The molecule has 1 aromatic heterocycles. The zero-order chi connectivity index (χ0) is 11.4.